The van der Waals surface area contributed by atoms with Gasteiger partial charge in [-0.15, -0.1) is 0 Å². The maximum Gasteiger partial charge on any atom is 0.410 e. The number of para-hydroxylation sites is 1. The number of amides is 1. The molecule has 0 unspecified atom stereocenters. The molecule has 1 aromatic carbocycles. The molecule has 0 spiro atoms. The van der Waals surface area contributed by atoms with Gasteiger partial charge in [-0.3, -0.25) is 14.9 Å². The first-order valence-electron chi connectivity index (χ1n) is 8.55. The van der Waals surface area contributed by atoms with E-state index in [1.165, 1.54) is 6.07 Å². The second kappa shape index (κ2) is 8.16. The van der Waals surface area contributed by atoms with Crippen molar-refractivity contribution < 1.29 is 24.0 Å². The van der Waals surface area contributed by atoms with Crippen molar-refractivity contribution in [2.24, 2.45) is 0 Å². The Balaban J connectivity index is 1.83. The highest BCUT2D eigenvalue weighted by Crippen LogP contribution is 2.21. The van der Waals surface area contributed by atoms with Crippen molar-refractivity contribution in [2.75, 3.05) is 13.1 Å². The lowest BCUT2D eigenvalue weighted by atomic mass is 10.1. The number of nitro benzene ring substituents is 1. The molecule has 0 aliphatic carbocycles. The lowest BCUT2D eigenvalue weighted by Crippen LogP contribution is -2.43. The van der Waals surface area contributed by atoms with E-state index in [1.807, 2.05) is 20.8 Å². The first-order valence-corrected chi connectivity index (χ1v) is 8.55. The van der Waals surface area contributed by atoms with Crippen LogP contribution in [0.4, 0.5) is 10.5 Å². The molecule has 0 saturated carbocycles. The van der Waals surface area contributed by atoms with Crippen LogP contribution in [0.15, 0.2) is 24.3 Å². The second-order valence-corrected chi connectivity index (χ2v) is 7.22. The Hall–Kier alpha value is -2.64. The monoisotopic (exact) mass is 364 g/mol. The predicted octanol–water partition coefficient (Wildman–Crippen LogP) is 3.08. The molecule has 1 saturated heterocycles. The summed E-state index contributed by atoms with van der Waals surface area (Å²) in [7, 11) is 0. The van der Waals surface area contributed by atoms with Gasteiger partial charge in [0, 0.05) is 37.6 Å². The first-order chi connectivity index (χ1) is 12.2. The molecule has 1 heterocycles. The van der Waals surface area contributed by atoms with Crippen molar-refractivity contribution in [3.8, 4) is 0 Å². The van der Waals surface area contributed by atoms with Crippen LogP contribution in [0.1, 0.15) is 39.2 Å². The minimum atomic E-state index is -0.551. The number of hydrogen-bond acceptors (Lipinski definition) is 6. The second-order valence-electron chi connectivity index (χ2n) is 7.22. The number of rotatable bonds is 4. The van der Waals surface area contributed by atoms with Crippen molar-refractivity contribution in [1.82, 2.24) is 4.90 Å². The third-order valence-electron chi connectivity index (χ3n) is 3.91. The van der Waals surface area contributed by atoms with Crippen molar-refractivity contribution in [2.45, 2.75) is 51.7 Å². The highest BCUT2D eigenvalue weighted by Gasteiger charge is 2.28. The lowest BCUT2D eigenvalue weighted by Gasteiger charge is -2.33. The molecular formula is C18H24N2O6. The SMILES string of the molecule is CC(C)(C)OC(=O)N1CCC(OC(=O)Cc2ccccc2[N+](=O)[O-])CC1. The molecule has 1 fully saturated rings. The highest BCUT2D eigenvalue weighted by atomic mass is 16.6. The molecule has 0 bridgehead atoms. The summed E-state index contributed by atoms with van der Waals surface area (Å²) >= 11 is 0. The largest absolute Gasteiger partial charge is 0.462 e. The third kappa shape index (κ3) is 5.72. The van der Waals surface area contributed by atoms with Gasteiger partial charge >= 0.3 is 12.1 Å². The molecule has 0 N–H and O–H groups in total. The van der Waals surface area contributed by atoms with E-state index in [1.54, 1.807) is 23.1 Å². The summed E-state index contributed by atoms with van der Waals surface area (Å²) in [5.74, 6) is -0.505. The Labute approximate surface area is 152 Å². The van der Waals surface area contributed by atoms with Crippen molar-refractivity contribution in [1.29, 1.82) is 0 Å². The Morgan fingerprint density at radius 1 is 1.23 bits per heavy atom. The summed E-state index contributed by atoms with van der Waals surface area (Å²) in [4.78, 5) is 36.2. The van der Waals surface area contributed by atoms with Crippen molar-refractivity contribution >= 4 is 17.7 Å². The van der Waals surface area contributed by atoms with Crippen LogP contribution in [0.25, 0.3) is 0 Å². The van der Waals surface area contributed by atoms with Gasteiger partial charge in [0.05, 0.1) is 11.3 Å². The Morgan fingerprint density at radius 2 is 1.85 bits per heavy atom. The van der Waals surface area contributed by atoms with Gasteiger partial charge in [-0.05, 0) is 20.8 Å². The van der Waals surface area contributed by atoms with Gasteiger partial charge in [0.15, 0.2) is 0 Å². The molecule has 8 heteroatoms. The summed E-state index contributed by atoms with van der Waals surface area (Å²) in [6.07, 6.45) is 0.207. The van der Waals surface area contributed by atoms with Gasteiger partial charge in [0.2, 0.25) is 0 Å². The van der Waals surface area contributed by atoms with E-state index in [4.69, 9.17) is 9.47 Å². The van der Waals surface area contributed by atoms with E-state index in [0.29, 0.717) is 31.5 Å². The van der Waals surface area contributed by atoms with Crippen LogP contribution in [0.2, 0.25) is 0 Å². The van der Waals surface area contributed by atoms with Gasteiger partial charge in [0.25, 0.3) is 5.69 Å². The van der Waals surface area contributed by atoms with E-state index in [2.05, 4.69) is 0 Å². The molecule has 1 amide bonds. The maximum absolute atomic E-state index is 12.1. The topological polar surface area (TPSA) is 99.0 Å². The van der Waals surface area contributed by atoms with E-state index in [0.717, 1.165) is 0 Å². The summed E-state index contributed by atoms with van der Waals surface area (Å²) in [5, 5.41) is 11.0. The van der Waals surface area contributed by atoms with Crippen LogP contribution in [0, 0.1) is 10.1 Å². The van der Waals surface area contributed by atoms with Crippen LogP contribution in [0.3, 0.4) is 0 Å². The summed E-state index contributed by atoms with van der Waals surface area (Å²) < 4.78 is 10.7. The van der Waals surface area contributed by atoms with E-state index in [-0.39, 0.29) is 24.3 Å². The fourth-order valence-electron chi connectivity index (χ4n) is 2.70. The Morgan fingerprint density at radius 3 is 2.42 bits per heavy atom. The Bertz CT molecular complexity index is 675. The zero-order chi connectivity index (χ0) is 19.3. The van der Waals surface area contributed by atoms with Crippen molar-refractivity contribution in [3.63, 3.8) is 0 Å². The van der Waals surface area contributed by atoms with Gasteiger partial charge < -0.3 is 14.4 Å². The smallest absolute Gasteiger partial charge is 0.410 e. The molecule has 0 aromatic heterocycles. The molecule has 0 atom stereocenters. The van der Waals surface area contributed by atoms with E-state index >= 15 is 0 Å². The minimum absolute atomic E-state index is 0.0933. The molecule has 1 aromatic rings. The molecule has 0 radical (unpaired) electrons. The average molecular weight is 364 g/mol. The molecule has 26 heavy (non-hydrogen) atoms. The quantitative estimate of drug-likeness (QED) is 0.462. The van der Waals surface area contributed by atoms with Gasteiger partial charge in [-0.2, -0.15) is 0 Å². The number of carbonyl (C=O) groups excluding carboxylic acids is 2. The van der Waals surface area contributed by atoms with Crippen LogP contribution in [-0.4, -0.2) is 46.7 Å². The van der Waals surface area contributed by atoms with Crippen LogP contribution in [0.5, 0.6) is 0 Å². The van der Waals surface area contributed by atoms with Crippen molar-refractivity contribution in [3.05, 3.63) is 39.9 Å². The summed E-state index contributed by atoms with van der Waals surface area (Å²) in [5.41, 5.74) is -0.317. The molecule has 2 rings (SSSR count). The third-order valence-corrected chi connectivity index (χ3v) is 3.91. The number of nitrogens with zero attached hydrogens (tertiary/aromatic N) is 2. The highest BCUT2D eigenvalue weighted by molar-refractivity contribution is 5.74. The zero-order valence-electron chi connectivity index (χ0n) is 15.3. The molecule has 8 nitrogen and oxygen atoms in total. The fraction of sp³-hybridized carbons (Fsp3) is 0.556. The van der Waals surface area contributed by atoms with Gasteiger partial charge in [0.1, 0.15) is 11.7 Å². The molecule has 1 aliphatic heterocycles. The molecule has 1 aliphatic rings. The summed E-state index contributed by atoms with van der Waals surface area (Å²) in [6.45, 7) is 6.31. The zero-order valence-corrected chi connectivity index (χ0v) is 15.3. The Kier molecular flexibility index (Phi) is 6.18. The van der Waals surface area contributed by atoms with Crippen LogP contribution >= 0.6 is 0 Å². The number of nitro groups is 1. The maximum atomic E-state index is 12.1. The standard InChI is InChI=1S/C18H24N2O6/c1-18(2,3)26-17(22)19-10-8-14(9-11-19)25-16(21)12-13-6-4-5-7-15(13)20(23)24/h4-7,14H,8-12H2,1-3H3. The fourth-order valence-corrected chi connectivity index (χ4v) is 2.70. The summed E-state index contributed by atoms with van der Waals surface area (Å²) in [6, 6.07) is 6.11. The number of benzene rings is 1. The number of carbonyl (C=O) groups is 2. The van der Waals surface area contributed by atoms with Crippen LogP contribution < -0.4 is 0 Å². The number of likely N-dealkylation sites (tertiary alicyclic amines) is 1. The number of piperidine rings is 1. The predicted molar refractivity (Wildman–Crippen MR) is 93.7 cm³/mol. The lowest BCUT2D eigenvalue weighted by molar-refractivity contribution is -0.385. The normalized spacial score (nSPS) is 15.4. The van der Waals surface area contributed by atoms with Crippen LogP contribution in [-0.2, 0) is 20.7 Å². The minimum Gasteiger partial charge on any atom is -0.462 e. The van der Waals surface area contributed by atoms with Gasteiger partial charge in [-0.25, -0.2) is 4.79 Å². The average Bonchev–Trinajstić information content (AvgIpc) is 2.54. The number of hydrogen-bond donors (Lipinski definition) is 0. The molecule has 142 valence electrons. The van der Waals surface area contributed by atoms with E-state index < -0.39 is 16.5 Å². The molecular weight excluding hydrogens is 340 g/mol. The van der Waals surface area contributed by atoms with Gasteiger partial charge in [-0.1, -0.05) is 18.2 Å². The number of ether oxygens (including phenoxy) is 2. The first kappa shape index (κ1) is 19.7. The number of esters is 1. The van der Waals surface area contributed by atoms with E-state index in [9.17, 15) is 19.7 Å².